The number of hydrogen-bond acceptors (Lipinski definition) is 3. The molecule has 1 aliphatic carbocycles. The summed E-state index contributed by atoms with van der Waals surface area (Å²) in [6.45, 7) is 5.70. The second-order valence-electron chi connectivity index (χ2n) is 4.78. The van der Waals surface area contributed by atoms with Gasteiger partial charge in [0, 0.05) is 19.7 Å². The highest BCUT2D eigenvalue weighted by atomic mass is 16.5. The van der Waals surface area contributed by atoms with E-state index in [0.29, 0.717) is 5.92 Å². The van der Waals surface area contributed by atoms with Crippen molar-refractivity contribution in [2.75, 3.05) is 26.3 Å². The topological polar surface area (TPSA) is 41.5 Å². The van der Waals surface area contributed by atoms with Gasteiger partial charge >= 0.3 is 0 Å². The normalized spacial score (nSPS) is 25.9. The van der Waals surface area contributed by atoms with Crippen molar-refractivity contribution in [3.63, 3.8) is 0 Å². The lowest BCUT2D eigenvalue weighted by Gasteiger charge is -2.27. The van der Waals surface area contributed by atoms with Crippen LogP contribution in [0.15, 0.2) is 0 Å². The minimum Gasteiger partial charge on any atom is -0.393 e. The van der Waals surface area contributed by atoms with Crippen molar-refractivity contribution in [3.8, 4) is 0 Å². The maximum absolute atomic E-state index is 9.77. The Hall–Kier alpha value is -0.120. The molecule has 3 nitrogen and oxygen atoms in total. The molecule has 0 aliphatic heterocycles. The summed E-state index contributed by atoms with van der Waals surface area (Å²) < 4.78 is 5.47. The van der Waals surface area contributed by atoms with Crippen LogP contribution in [0, 0.1) is 5.92 Å². The van der Waals surface area contributed by atoms with Crippen LogP contribution in [-0.2, 0) is 4.74 Å². The molecule has 1 rings (SSSR count). The van der Waals surface area contributed by atoms with Gasteiger partial charge in [0.05, 0.1) is 12.7 Å². The molecule has 0 heterocycles. The Bertz CT molecular complexity index is 164. The van der Waals surface area contributed by atoms with Crippen LogP contribution in [0.4, 0.5) is 0 Å². The molecule has 0 saturated heterocycles. The fourth-order valence-corrected chi connectivity index (χ4v) is 2.21. The number of hydrogen-bond donors (Lipinski definition) is 2. The number of ether oxygens (including phenoxy) is 1. The monoisotopic (exact) mass is 229 g/mol. The first kappa shape index (κ1) is 13.9. The van der Waals surface area contributed by atoms with E-state index < -0.39 is 0 Å². The number of unbranched alkanes of at least 4 members (excludes halogenated alkanes) is 1. The number of aliphatic hydroxyl groups is 1. The molecule has 0 spiro atoms. The molecule has 16 heavy (non-hydrogen) atoms. The average molecular weight is 229 g/mol. The second-order valence-corrected chi connectivity index (χ2v) is 4.78. The fraction of sp³-hybridized carbons (Fsp3) is 1.00. The van der Waals surface area contributed by atoms with Crippen molar-refractivity contribution in [3.05, 3.63) is 0 Å². The molecule has 1 saturated carbocycles. The number of rotatable bonds is 8. The minimum absolute atomic E-state index is 0.0812. The van der Waals surface area contributed by atoms with E-state index in [1.807, 2.05) is 0 Å². The molecule has 0 aromatic carbocycles. The smallest absolute Gasteiger partial charge is 0.0590 e. The Morgan fingerprint density at radius 1 is 1.25 bits per heavy atom. The molecule has 0 aromatic rings. The van der Waals surface area contributed by atoms with Gasteiger partial charge in [-0.1, -0.05) is 26.2 Å². The van der Waals surface area contributed by atoms with Crippen molar-refractivity contribution < 1.29 is 9.84 Å². The lowest BCUT2D eigenvalue weighted by atomic mass is 9.86. The molecule has 1 fully saturated rings. The van der Waals surface area contributed by atoms with E-state index in [0.717, 1.165) is 39.1 Å². The zero-order valence-electron chi connectivity index (χ0n) is 10.6. The lowest BCUT2D eigenvalue weighted by molar-refractivity contribution is 0.0672. The van der Waals surface area contributed by atoms with Gasteiger partial charge in [-0.2, -0.15) is 0 Å². The molecular formula is C13H27NO2. The summed E-state index contributed by atoms with van der Waals surface area (Å²) in [5, 5.41) is 13.1. The van der Waals surface area contributed by atoms with Gasteiger partial charge in [-0.15, -0.1) is 0 Å². The first-order valence-electron chi connectivity index (χ1n) is 6.81. The van der Waals surface area contributed by atoms with E-state index in [9.17, 15) is 5.11 Å². The van der Waals surface area contributed by atoms with Gasteiger partial charge in [0.25, 0.3) is 0 Å². The van der Waals surface area contributed by atoms with Crippen molar-refractivity contribution in [1.82, 2.24) is 5.32 Å². The lowest BCUT2D eigenvalue weighted by Crippen LogP contribution is -2.35. The van der Waals surface area contributed by atoms with E-state index in [1.54, 1.807) is 0 Å². The molecule has 2 atom stereocenters. The summed E-state index contributed by atoms with van der Waals surface area (Å²) in [4.78, 5) is 0. The summed E-state index contributed by atoms with van der Waals surface area (Å²) in [7, 11) is 0. The third kappa shape index (κ3) is 5.83. The molecule has 96 valence electrons. The largest absolute Gasteiger partial charge is 0.393 e. The van der Waals surface area contributed by atoms with Crippen LogP contribution in [0.25, 0.3) is 0 Å². The molecule has 0 aromatic heterocycles. The van der Waals surface area contributed by atoms with Crippen molar-refractivity contribution >= 4 is 0 Å². The van der Waals surface area contributed by atoms with E-state index in [-0.39, 0.29) is 6.10 Å². The predicted octanol–water partition coefficient (Wildman–Crippen LogP) is 1.94. The van der Waals surface area contributed by atoms with Crippen LogP contribution >= 0.6 is 0 Å². The summed E-state index contributed by atoms with van der Waals surface area (Å²) in [5.74, 6) is 0.462. The van der Waals surface area contributed by atoms with Gasteiger partial charge in [0.15, 0.2) is 0 Å². The van der Waals surface area contributed by atoms with Gasteiger partial charge < -0.3 is 15.2 Å². The van der Waals surface area contributed by atoms with Crippen LogP contribution < -0.4 is 5.32 Å². The minimum atomic E-state index is -0.0812. The van der Waals surface area contributed by atoms with E-state index in [4.69, 9.17) is 4.74 Å². The van der Waals surface area contributed by atoms with Crippen molar-refractivity contribution in [1.29, 1.82) is 0 Å². The van der Waals surface area contributed by atoms with Gasteiger partial charge in [-0.3, -0.25) is 0 Å². The Labute approximate surface area is 99.6 Å². The highest BCUT2D eigenvalue weighted by Crippen LogP contribution is 2.23. The van der Waals surface area contributed by atoms with Gasteiger partial charge in [-0.05, 0) is 25.2 Å². The molecule has 2 unspecified atom stereocenters. The highest BCUT2D eigenvalue weighted by Gasteiger charge is 2.21. The quantitative estimate of drug-likeness (QED) is 0.625. The zero-order valence-corrected chi connectivity index (χ0v) is 10.6. The molecule has 0 bridgehead atoms. The molecule has 2 N–H and O–H groups in total. The van der Waals surface area contributed by atoms with Crippen LogP contribution in [0.5, 0.6) is 0 Å². The molecule has 3 heteroatoms. The van der Waals surface area contributed by atoms with Crippen LogP contribution in [0.3, 0.4) is 0 Å². The van der Waals surface area contributed by atoms with Gasteiger partial charge in [0.1, 0.15) is 0 Å². The Morgan fingerprint density at radius 3 is 2.81 bits per heavy atom. The Kier molecular flexibility index (Phi) is 7.81. The fourth-order valence-electron chi connectivity index (χ4n) is 2.21. The van der Waals surface area contributed by atoms with E-state index >= 15 is 0 Å². The summed E-state index contributed by atoms with van der Waals surface area (Å²) in [6, 6.07) is 0. The Balaban J connectivity index is 1.90. The second kappa shape index (κ2) is 8.97. The van der Waals surface area contributed by atoms with Crippen LogP contribution in [0.1, 0.15) is 45.4 Å². The van der Waals surface area contributed by atoms with E-state index in [2.05, 4.69) is 12.2 Å². The van der Waals surface area contributed by atoms with Crippen molar-refractivity contribution in [2.45, 2.75) is 51.6 Å². The third-order valence-electron chi connectivity index (χ3n) is 3.34. The summed E-state index contributed by atoms with van der Waals surface area (Å²) >= 11 is 0. The van der Waals surface area contributed by atoms with Gasteiger partial charge in [0.2, 0.25) is 0 Å². The molecule has 0 amide bonds. The third-order valence-corrected chi connectivity index (χ3v) is 3.34. The zero-order chi connectivity index (χ0) is 11.6. The molecule has 0 radical (unpaired) electrons. The van der Waals surface area contributed by atoms with Crippen LogP contribution in [-0.4, -0.2) is 37.5 Å². The standard InChI is InChI=1S/C13H27NO2/c1-2-3-9-16-10-8-14-11-12-6-4-5-7-13(12)15/h12-15H,2-11H2,1H3. The maximum Gasteiger partial charge on any atom is 0.0590 e. The number of nitrogens with one attached hydrogen (secondary N) is 1. The maximum atomic E-state index is 9.77. The highest BCUT2D eigenvalue weighted by molar-refractivity contribution is 4.75. The summed E-state index contributed by atoms with van der Waals surface area (Å²) in [6.07, 6.45) is 6.89. The summed E-state index contributed by atoms with van der Waals surface area (Å²) in [5.41, 5.74) is 0. The van der Waals surface area contributed by atoms with Gasteiger partial charge in [-0.25, -0.2) is 0 Å². The molecule has 1 aliphatic rings. The van der Waals surface area contributed by atoms with Crippen LogP contribution in [0.2, 0.25) is 0 Å². The SMILES string of the molecule is CCCCOCCNCC1CCCCC1O. The van der Waals surface area contributed by atoms with E-state index in [1.165, 1.54) is 25.7 Å². The predicted molar refractivity (Wildman–Crippen MR) is 66.6 cm³/mol. The Morgan fingerprint density at radius 2 is 2.06 bits per heavy atom. The first-order valence-corrected chi connectivity index (χ1v) is 6.81. The number of aliphatic hydroxyl groups excluding tert-OH is 1. The average Bonchev–Trinajstić information content (AvgIpc) is 2.30. The first-order chi connectivity index (χ1) is 7.84. The molecular weight excluding hydrogens is 202 g/mol. The van der Waals surface area contributed by atoms with Crippen molar-refractivity contribution in [2.24, 2.45) is 5.92 Å².